The molecule has 1 aromatic rings. The molecule has 1 saturated heterocycles. The van der Waals surface area contributed by atoms with Gasteiger partial charge >= 0.3 is 17.9 Å². The van der Waals surface area contributed by atoms with Gasteiger partial charge in [-0.1, -0.05) is 20.8 Å². The highest BCUT2D eigenvalue weighted by atomic mass is 16.6. The van der Waals surface area contributed by atoms with Crippen LogP contribution in [0.3, 0.4) is 0 Å². The molecule has 0 unspecified atom stereocenters. The number of ether oxygens (including phenoxy) is 3. The van der Waals surface area contributed by atoms with Crippen molar-refractivity contribution in [2.24, 2.45) is 27.6 Å². The molecule has 3 fully saturated rings. The first kappa shape index (κ1) is 23.5. The molecule has 3 aliphatic rings. The van der Waals surface area contributed by atoms with Crippen LogP contribution in [-0.2, 0) is 33.4 Å². The van der Waals surface area contributed by atoms with E-state index in [-0.39, 0.29) is 18.2 Å². The Bertz CT molecular complexity index is 998. The number of esters is 3. The van der Waals surface area contributed by atoms with E-state index in [1.807, 2.05) is 27.7 Å². The van der Waals surface area contributed by atoms with E-state index in [2.05, 4.69) is 0 Å². The third-order valence-electron chi connectivity index (χ3n) is 9.61. The smallest absolute Gasteiger partial charge is 0.312 e. The standard InChI is InChI=1S/C25H32O8/c1-14(26)32-17-11-16(20(28)30-6)22(2)8-9-23(3)21(29)33-18(15-7-10-31-13-15)12-24(23,4)25(22,5)19(17)27/h7,10,13,16-18H,8-9,11-12H2,1-6H3/t16-,17-,18-,22-,23-,24-,25-/m0/s1. The maximum Gasteiger partial charge on any atom is 0.312 e. The number of rotatable bonds is 3. The Morgan fingerprint density at radius 1 is 1.12 bits per heavy atom. The van der Waals surface area contributed by atoms with Crippen LogP contribution < -0.4 is 0 Å². The second-order valence-electron chi connectivity index (χ2n) is 10.6. The van der Waals surface area contributed by atoms with Gasteiger partial charge in [-0.25, -0.2) is 0 Å². The Kier molecular flexibility index (Phi) is 5.30. The molecule has 2 heterocycles. The van der Waals surface area contributed by atoms with Crippen LogP contribution in [0.1, 0.15) is 72.0 Å². The van der Waals surface area contributed by atoms with Crippen LogP contribution in [0.2, 0.25) is 0 Å². The molecule has 8 nitrogen and oxygen atoms in total. The van der Waals surface area contributed by atoms with Gasteiger partial charge in [-0.15, -0.1) is 0 Å². The van der Waals surface area contributed by atoms with Crippen LogP contribution >= 0.6 is 0 Å². The van der Waals surface area contributed by atoms with Gasteiger partial charge in [0.15, 0.2) is 11.9 Å². The van der Waals surface area contributed by atoms with E-state index in [0.717, 1.165) is 0 Å². The maximum absolute atomic E-state index is 14.2. The maximum atomic E-state index is 14.2. The van der Waals surface area contributed by atoms with E-state index >= 15 is 0 Å². The fourth-order valence-electron chi connectivity index (χ4n) is 7.07. The van der Waals surface area contributed by atoms with Gasteiger partial charge in [-0.05, 0) is 37.7 Å². The number of cyclic esters (lactones) is 1. The number of methoxy groups -OCH3 is 1. The minimum absolute atomic E-state index is 0.0690. The topological polar surface area (TPSA) is 109 Å². The second kappa shape index (κ2) is 7.43. The molecule has 1 aliphatic heterocycles. The summed E-state index contributed by atoms with van der Waals surface area (Å²) >= 11 is 0. The Labute approximate surface area is 193 Å². The number of hydrogen-bond donors (Lipinski definition) is 0. The number of furan rings is 1. The number of carbonyl (C=O) groups is 4. The summed E-state index contributed by atoms with van der Waals surface area (Å²) in [5.74, 6) is -2.32. The zero-order valence-corrected chi connectivity index (χ0v) is 20.1. The molecule has 0 spiro atoms. The summed E-state index contributed by atoms with van der Waals surface area (Å²) in [5.41, 5.74) is -3.12. The lowest BCUT2D eigenvalue weighted by Crippen LogP contribution is -2.73. The van der Waals surface area contributed by atoms with Crippen LogP contribution in [0.25, 0.3) is 0 Å². The molecule has 0 aromatic carbocycles. The van der Waals surface area contributed by atoms with E-state index in [1.165, 1.54) is 26.6 Å². The quantitative estimate of drug-likeness (QED) is 0.495. The monoisotopic (exact) mass is 460 g/mol. The van der Waals surface area contributed by atoms with E-state index < -0.39 is 51.7 Å². The minimum atomic E-state index is -1.17. The summed E-state index contributed by atoms with van der Waals surface area (Å²) in [7, 11) is 1.32. The fraction of sp³-hybridized carbons (Fsp3) is 0.680. The Morgan fingerprint density at radius 2 is 1.82 bits per heavy atom. The van der Waals surface area contributed by atoms with E-state index in [1.54, 1.807) is 6.07 Å². The van der Waals surface area contributed by atoms with Crippen LogP contribution in [0.4, 0.5) is 0 Å². The highest BCUT2D eigenvalue weighted by molar-refractivity contribution is 5.96. The molecular formula is C25H32O8. The highest BCUT2D eigenvalue weighted by Crippen LogP contribution is 2.75. The van der Waals surface area contributed by atoms with Gasteiger partial charge in [0, 0.05) is 29.7 Å². The van der Waals surface area contributed by atoms with Crippen molar-refractivity contribution in [3.8, 4) is 0 Å². The van der Waals surface area contributed by atoms with E-state index in [9.17, 15) is 19.2 Å². The van der Waals surface area contributed by atoms with Gasteiger partial charge < -0.3 is 18.6 Å². The molecule has 4 rings (SSSR count). The second-order valence-corrected chi connectivity index (χ2v) is 10.6. The first-order valence-corrected chi connectivity index (χ1v) is 11.4. The molecule has 0 radical (unpaired) electrons. The van der Waals surface area contributed by atoms with Crippen molar-refractivity contribution in [2.75, 3.05) is 7.11 Å². The zero-order chi connectivity index (χ0) is 24.4. The van der Waals surface area contributed by atoms with Crippen molar-refractivity contribution >= 4 is 23.7 Å². The zero-order valence-electron chi connectivity index (χ0n) is 20.1. The van der Waals surface area contributed by atoms with Crippen LogP contribution in [0, 0.1) is 27.6 Å². The molecule has 1 aromatic heterocycles. The van der Waals surface area contributed by atoms with Gasteiger partial charge in [0.25, 0.3) is 0 Å². The van der Waals surface area contributed by atoms with Gasteiger partial charge in [0.2, 0.25) is 0 Å². The third-order valence-corrected chi connectivity index (χ3v) is 9.61. The molecule has 33 heavy (non-hydrogen) atoms. The molecular weight excluding hydrogens is 428 g/mol. The first-order valence-electron chi connectivity index (χ1n) is 11.4. The molecule has 2 aliphatic carbocycles. The lowest BCUT2D eigenvalue weighted by atomic mass is 9.32. The molecule has 180 valence electrons. The van der Waals surface area contributed by atoms with Crippen molar-refractivity contribution in [2.45, 2.75) is 72.5 Å². The van der Waals surface area contributed by atoms with Crippen molar-refractivity contribution in [1.29, 1.82) is 0 Å². The van der Waals surface area contributed by atoms with Crippen molar-refractivity contribution < 1.29 is 37.8 Å². The number of carbonyl (C=O) groups excluding carboxylic acids is 4. The average Bonchev–Trinajstić information content (AvgIpc) is 3.30. The Morgan fingerprint density at radius 3 is 2.39 bits per heavy atom. The van der Waals surface area contributed by atoms with E-state index in [0.29, 0.717) is 24.8 Å². The average molecular weight is 461 g/mol. The predicted molar refractivity (Wildman–Crippen MR) is 115 cm³/mol. The first-order chi connectivity index (χ1) is 15.4. The summed E-state index contributed by atoms with van der Waals surface area (Å²) in [6.07, 6.45) is 2.73. The normalized spacial score (nSPS) is 42.5. The third kappa shape index (κ3) is 2.88. The van der Waals surface area contributed by atoms with Gasteiger partial charge in [-0.3, -0.25) is 19.2 Å². The summed E-state index contributed by atoms with van der Waals surface area (Å²) in [4.78, 5) is 52.5. The molecule has 2 saturated carbocycles. The molecule has 8 heteroatoms. The highest BCUT2D eigenvalue weighted by Gasteiger charge is 2.77. The number of ketones is 1. The Hall–Kier alpha value is -2.64. The van der Waals surface area contributed by atoms with Crippen LogP contribution in [0.5, 0.6) is 0 Å². The Balaban J connectivity index is 1.91. The van der Waals surface area contributed by atoms with Crippen LogP contribution in [-0.4, -0.2) is 36.9 Å². The minimum Gasteiger partial charge on any atom is -0.472 e. The van der Waals surface area contributed by atoms with E-state index in [4.69, 9.17) is 18.6 Å². The fourth-order valence-corrected chi connectivity index (χ4v) is 7.07. The van der Waals surface area contributed by atoms with Crippen LogP contribution in [0.15, 0.2) is 23.0 Å². The lowest BCUT2D eigenvalue weighted by molar-refractivity contribution is -0.256. The summed E-state index contributed by atoms with van der Waals surface area (Å²) in [6.45, 7) is 8.82. The predicted octanol–water partition coefficient (Wildman–Crippen LogP) is 3.78. The van der Waals surface area contributed by atoms with Crippen molar-refractivity contribution in [3.05, 3.63) is 24.2 Å². The molecule has 0 bridgehead atoms. The summed E-state index contributed by atoms with van der Waals surface area (Å²) in [5, 5.41) is 0. The van der Waals surface area contributed by atoms with Gasteiger partial charge in [0.1, 0.15) is 6.10 Å². The lowest BCUT2D eigenvalue weighted by Gasteiger charge is -2.70. The number of fused-ring (bicyclic) bond motifs is 3. The van der Waals surface area contributed by atoms with Gasteiger partial charge in [0.05, 0.1) is 31.0 Å². The molecule has 0 N–H and O–H groups in total. The largest absolute Gasteiger partial charge is 0.472 e. The number of hydrogen-bond acceptors (Lipinski definition) is 8. The van der Waals surface area contributed by atoms with Crippen molar-refractivity contribution in [3.63, 3.8) is 0 Å². The molecule has 7 atom stereocenters. The SMILES string of the molecule is COC(=O)[C@@H]1C[C@H](OC(C)=O)C(=O)[C@]2(C)[C@@]3(C)C[C@@H](c4ccoc4)OC(=O)[C@]3(C)CC[C@@]12C. The van der Waals surface area contributed by atoms with Gasteiger partial charge in [-0.2, -0.15) is 0 Å². The summed E-state index contributed by atoms with van der Waals surface area (Å²) in [6, 6.07) is 1.75. The molecule has 0 amide bonds. The summed E-state index contributed by atoms with van der Waals surface area (Å²) < 4.78 is 21.7. The number of Topliss-reactive ketones (excluding diaryl/α,β-unsaturated/α-hetero) is 1. The van der Waals surface area contributed by atoms with Crippen molar-refractivity contribution in [1.82, 2.24) is 0 Å².